The highest BCUT2D eigenvalue weighted by Gasteiger charge is 2.10. The molecule has 0 bridgehead atoms. The molecule has 2 heterocycles. The van der Waals surface area contributed by atoms with Crippen LogP contribution in [0.5, 0.6) is 0 Å². The van der Waals surface area contributed by atoms with Gasteiger partial charge >= 0.3 is 0 Å². The zero-order valence-corrected chi connectivity index (χ0v) is 13.0. The first kappa shape index (κ1) is 14.7. The normalized spacial score (nSPS) is 11.6. The summed E-state index contributed by atoms with van der Waals surface area (Å²) in [5, 5.41) is 8.11. The molecule has 2 aromatic rings. The Morgan fingerprint density at radius 3 is 2.60 bits per heavy atom. The number of hydrogen-bond donors (Lipinski definition) is 1. The zero-order chi connectivity index (χ0) is 14.7. The molecule has 1 N–H and O–H groups in total. The maximum atomic E-state index is 4.67. The molecule has 0 atom stereocenters. The van der Waals surface area contributed by atoms with E-state index in [1.165, 1.54) is 5.56 Å². The molecule has 0 aliphatic carbocycles. The second kappa shape index (κ2) is 6.18. The molecular weight excluding hydrogens is 248 g/mol. The number of pyridine rings is 1. The molecule has 0 amide bonds. The van der Waals surface area contributed by atoms with Crippen molar-refractivity contribution in [3.05, 3.63) is 41.5 Å². The molecule has 0 radical (unpaired) electrons. The minimum atomic E-state index is 0.441. The molecule has 0 spiro atoms. The highest BCUT2D eigenvalue weighted by atomic mass is 15.3. The fourth-order valence-corrected chi connectivity index (χ4v) is 2.02. The van der Waals surface area contributed by atoms with E-state index in [2.05, 4.69) is 55.2 Å². The van der Waals surface area contributed by atoms with E-state index >= 15 is 0 Å². The Kier molecular flexibility index (Phi) is 4.55. The fraction of sp³-hybridized carbons (Fsp3) is 0.500. The standard InChI is InChI=1S/C16H24N4/c1-11(2)15-6-7-20(19-15)16-8-13(5)18-10-14(16)9-17-12(3)4/h6-8,10-12,17H,9H2,1-5H3. The van der Waals surface area contributed by atoms with E-state index in [9.17, 15) is 0 Å². The molecule has 108 valence electrons. The lowest BCUT2D eigenvalue weighted by molar-refractivity contribution is 0.585. The Morgan fingerprint density at radius 1 is 1.25 bits per heavy atom. The van der Waals surface area contributed by atoms with Crippen molar-refractivity contribution in [3.8, 4) is 5.69 Å². The predicted molar refractivity (Wildman–Crippen MR) is 82.2 cm³/mol. The lowest BCUT2D eigenvalue weighted by atomic mass is 10.1. The quantitative estimate of drug-likeness (QED) is 0.909. The van der Waals surface area contributed by atoms with Gasteiger partial charge in [0.25, 0.3) is 0 Å². The van der Waals surface area contributed by atoms with E-state index in [0.717, 1.165) is 23.6 Å². The summed E-state index contributed by atoms with van der Waals surface area (Å²) in [6, 6.07) is 4.63. The van der Waals surface area contributed by atoms with Crippen molar-refractivity contribution in [2.75, 3.05) is 0 Å². The molecule has 4 heteroatoms. The lowest BCUT2D eigenvalue weighted by Gasteiger charge is -2.13. The molecule has 0 unspecified atom stereocenters. The van der Waals surface area contributed by atoms with Crippen molar-refractivity contribution in [3.63, 3.8) is 0 Å². The summed E-state index contributed by atoms with van der Waals surface area (Å²) in [7, 11) is 0. The van der Waals surface area contributed by atoms with Gasteiger partial charge in [-0.15, -0.1) is 0 Å². The Hall–Kier alpha value is -1.68. The van der Waals surface area contributed by atoms with Crippen LogP contribution in [-0.2, 0) is 6.54 Å². The smallest absolute Gasteiger partial charge is 0.0724 e. The van der Waals surface area contributed by atoms with Gasteiger partial charge in [-0.3, -0.25) is 4.98 Å². The third-order valence-electron chi connectivity index (χ3n) is 3.25. The Labute approximate surface area is 121 Å². The molecule has 2 aromatic heterocycles. The molecule has 0 saturated heterocycles. The number of aromatic nitrogens is 3. The predicted octanol–water partition coefficient (Wildman–Crippen LogP) is 3.20. The second-order valence-electron chi connectivity index (χ2n) is 5.83. The average molecular weight is 272 g/mol. The van der Waals surface area contributed by atoms with Gasteiger partial charge < -0.3 is 5.32 Å². The topological polar surface area (TPSA) is 42.7 Å². The van der Waals surface area contributed by atoms with Crippen LogP contribution in [0, 0.1) is 6.92 Å². The van der Waals surface area contributed by atoms with Crippen molar-refractivity contribution in [2.24, 2.45) is 0 Å². The summed E-state index contributed by atoms with van der Waals surface area (Å²) in [6.45, 7) is 11.4. The summed E-state index contributed by atoms with van der Waals surface area (Å²) < 4.78 is 1.96. The maximum Gasteiger partial charge on any atom is 0.0724 e. The van der Waals surface area contributed by atoms with Crippen LogP contribution in [0.1, 0.15) is 50.6 Å². The van der Waals surface area contributed by atoms with Crippen LogP contribution >= 0.6 is 0 Å². The van der Waals surface area contributed by atoms with Gasteiger partial charge in [-0.25, -0.2) is 4.68 Å². The first-order valence-electron chi connectivity index (χ1n) is 7.22. The lowest BCUT2D eigenvalue weighted by Crippen LogP contribution is -2.23. The van der Waals surface area contributed by atoms with Crippen LogP contribution in [0.15, 0.2) is 24.5 Å². The zero-order valence-electron chi connectivity index (χ0n) is 13.0. The van der Waals surface area contributed by atoms with E-state index < -0.39 is 0 Å². The van der Waals surface area contributed by atoms with Crippen LogP contribution < -0.4 is 5.32 Å². The van der Waals surface area contributed by atoms with Gasteiger partial charge in [0.2, 0.25) is 0 Å². The van der Waals surface area contributed by atoms with Crippen molar-refractivity contribution < 1.29 is 0 Å². The molecule has 0 fully saturated rings. The van der Waals surface area contributed by atoms with Crippen LogP contribution in [0.2, 0.25) is 0 Å². The van der Waals surface area contributed by atoms with Crippen LogP contribution in [0.25, 0.3) is 5.69 Å². The number of nitrogens with zero attached hydrogens (tertiary/aromatic N) is 3. The SMILES string of the molecule is Cc1cc(-n2ccc(C(C)C)n2)c(CNC(C)C)cn1. The summed E-state index contributed by atoms with van der Waals surface area (Å²) in [6.07, 6.45) is 3.97. The molecule has 20 heavy (non-hydrogen) atoms. The van der Waals surface area contributed by atoms with Gasteiger partial charge in [0, 0.05) is 36.2 Å². The molecule has 0 aliphatic heterocycles. The van der Waals surface area contributed by atoms with Crippen LogP contribution in [0.4, 0.5) is 0 Å². The van der Waals surface area contributed by atoms with Crippen LogP contribution in [0.3, 0.4) is 0 Å². The second-order valence-corrected chi connectivity index (χ2v) is 5.83. The van der Waals surface area contributed by atoms with Gasteiger partial charge in [-0.1, -0.05) is 27.7 Å². The van der Waals surface area contributed by atoms with Gasteiger partial charge in [0.15, 0.2) is 0 Å². The van der Waals surface area contributed by atoms with Gasteiger partial charge in [-0.2, -0.15) is 5.10 Å². The maximum absolute atomic E-state index is 4.67. The molecular formula is C16H24N4. The number of aryl methyl sites for hydroxylation is 1. The van der Waals surface area contributed by atoms with E-state index in [0.29, 0.717) is 12.0 Å². The van der Waals surface area contributed by atoms with Gasteiger partial charge in [-0.05, 0) is 25.0 Å². The summed E-state index contributed by atoms with van der Waals surface area (Å²) in [5.74, 6) is 0.441. The first-order chi connectivity index (χ1) is 9.47. The minimum absolute atomic E-state index is 0.441. The Morgan fingerprint density at radius 2 is 2.00 bits per heavy atom. The molecule has 4 nitrogen and oxygen atoms in total. The monoisotopic (exact) mass is 272 g/mol. The minimum Gasteiger partial charge on any atom is -0.310 e. The molecule has 0 aromatic carbocycles. The van der Waals surface area contributed by atoms with E-state index in [4.69, 9.17) is 0 Å². The molecule has 0 aliphatic rings. The summed E-state index contributed by atoms with van der Waals surface area (Å²) >= 11 is 0. The number of rotatable bonds is 5. The average Bonchev–Trinajstić information content (AvgIpc) is 2.86. The third kappa shape index (κ3) is 3.45. The van der Waals surface area contributed by atoms with Crippen molar-refractivity contribution in [2.45, 2.75) is 53.1 Å². The molecule has 2 rings (SSSR count). The van der Waals surface area contributed by atoms with E-state index in [1.54, 1.807) is 0 Å². The largest absolute Gasteiger partial charge is 0.310 e. The van der Waals surface area contributed by atoms with Crippen molar-refractivity contribution >= 4 is 0 Å². The first-order valence-corrected chi connectivity index (χ1v) is 7.22. The van der Waals surface area contributed by atoms with E-state index in [1.807, 2.05) is 24.0 Å². The third-order valence-corrected chi connectivity index (χ3v) is 3.25. The summed E-state index contributed by atoms with van der Waals surface area (Å²) in [5.41, 5.74) is 4.40. The Bertz CT molecular complexity index is 570. The van der Waals surface area contributed by atoms with Crippen molar-refractivity contribution in [1.29, 1.82) is 0 Å². The van der Waals surface area contributed by atoms with Gasteiger partial charge in [0.1, 0.15) is 0 Å². The van der Waals surface area contributed by atoms with Crippen molar-refractivity contribution in [1.82, 2.24) is 20.1 Å². The molecule has 0 saturated carbocycles. The fourth-order valence-electron chi connectivity index (χ4n) is 2.02. The summed E-state index contributed by atoms with van der Waals surface area (Å²) in [4.78, 5) is 4.40. The highest BCUT2D eigenvalue weighted by molar-refractivity contribution is 5.40. The number of hydrogen-bond acceptors (Lipinski definition) is 3. The number of nitrogens with one attached hydrogen (secondary N) is 1. The Balaban J connectivity index is 2.34. The van der Waals surface area contributed by atoms with E-state index in [-0.39, 0.29) is 0 Å². The highest BCUT2D eigenvalue weighted by Crippen LogP contribution is 2.18. The van der Waals surface area contributed by atoms with Gasteiger partial charge in [0.05, 0.1) is 11.4 Å². The van der Waals surface area contributed by atoms with Crippen LogP contribution in [-0.4, -0.2) is 20.8 Å².